The van der Waals surface area contributed by atoms with Gasteiger partial charge in [0.1, 0.15) is 24.2 Å². The Morgan fingerprint density at radius 3 is 2.37 bits per heavy atom. The summed E-state index contributed by atoms with van der Waals surface area (Å²) in [5.74, 6) is 0.269. The molecular formula is C29H37N3O6. The van der Waals surface area contributed by atoms with E-state index in [1.807, 2.05) is 19.1 Å². The smallest absolute Gasteiger partial charge is 0.338 e. The van der Waals surface area contributed by atoms with Crippen LogP contribution in [0, 0.1) is 6.92 Å². The summed E-state index contributed by atoms with van der Waals surface area (Å²) >= 11 is 0. The number of fused-ring (bicyclic) bond motifs is 1. The average Bonchev–Trinajstić information content (AvgIpc) is 3.34. The predicted molar refractivity (Wildman–Crippen MR) is 145 cm³/mol. The van der Waals surface area contributed by atoms with E-state index in [0.717, 1.165) is 24.2 Å². The lowest BCUT2D eigenvalue weighted by atomic mass is 10.1. The van der Waals surface area contributed by atoms with Crippen LogP contribution in [0.1, 0.15) is 68.3 Å². The second-order valence-electron chi connectivity index (χ2n) is 9.16. The van der Waals surface area contributed by atoms with E-state index in [9.17, 15) is 9.59 Å². The molecule has 0 saturated heterocycles. The maximum absolute atomic E-state index is 12.4. The Bertz CT molecular complexity index is 1270. The Labute approximate surface area is 223 Å². The van der Waals surface area contributed by atoms with Crippen molar-refractivity contribution in [2.75, 3.05) is 26.9 Å². The second kappa shape index (κ2) is 14.2. The van der Waals surface area contributed by atoms with E-state index >= 15 is 0 Å². The first-order valence-electron chi connectivity index (χ1n) is 13.0. The van der Waals surface area contributed by atoms with Crippen LogP contribution < -0.4 is 9.47 Å². The van der Waals surface area contributed by atoms with Gasteiger partial charge in [0.2, 0.25) is 0 Å². The molecule has 0 aliphatic rings. The Hall–Kier alpha value is -3.88. The van der Waals surface area contributed by atoms with Gasteiger partial charge < -0.3 is 18.9 Å². The van der Waals surface area contributed by atoms with Crippen molar-refractivity contribution in [2.24, 2.45) is 0 Å². The lowest BCUT2D eigenvalue weighted by Gasteiger charge is -2.15. The summed E-state index contributed by atoms with van der Waals surface area (Å²) in [7, 11) is 1.61. The Kier molecular flexibility index (Phi) is 10.7. The summed E-state index contributed by atoms with van der Waals surface area (Å²) in [6.07, 6.45) is 7.19. The number of rotatable bonds is 15. The highest BCUT2D eigenvalue weighted by atomic mass is 16.6. The first-order valence-corrected chi connectivity index (χ1v) is 13.0. The fourth-order valence-electron chi connectivity index (χ4n) is 3.86. The molecule has 2 aromatic carbocycles. The fourth-order valence-corrected chi connectivity index (χ4v) is 3.86. The number of unbranched alkanes of at least 4 members (excludes halogenated alkanes) is 5. The molecule has 0 spiro atoms. The van der Waals surface area contributed by atoms with Crippen molar-refractivity contribution in [1.29, 1.82) is 0 Å². The minimum atomic E-state index is -0.544. The molecule has 0 amide bonds. The molecule has 1 heterocycles. The molecule has 0 bridgehead atoms. The summed E-state index contributed by atoms with van der Waals surface area (Å²) in [4.78, 5) is 25.3. The summed E-state index contributed by atoms with van der Waals surface area (Å²) in [6, 6.07) is 8.72. The molecule has 3 aromatic rings. The van der Waals surface area contributed by atoms with Crippen LogP contribution in [-0.4, -0.2) is 53.9 Å². The number of aryl methyl sites for hydroxylation is 1. The number of carbonyl (C=O) groups is 2. The molecule has 0 N–H and O–H groups in total. The molecular weight excluding hydrogens is 486 g/mol. The summed E-state index contributed by atoms with van der Waals surface area (Å²) in [6.45, 7) is 9.77. The van der Waals surface area contributed by atoms with Crippen LogP contribution in [0.15, 0.2) is 42.5 Å². The molecule has 204 valence electrons. The molecule has 0 saturated carbocycles. The van der Waals surface area contributed by atoms with E-state index in [4.69, 9.17) is 18.9 Å². The fraction of sp³-hybridized carbons (Fsp3) is 0.448. The number of carbonyl (C=O) groups excluding carboxylic acids is 2. The topological polar surface area (TPSA) is 102 Å². The molecule has 9 nitrogen and oxygen atoms in total. The summed E-state index contributed by atoms with van der Waals surface area (Å²) < 4.78 is 21.8. The zero-order chi connectivity index (χ0) is 27.5. The van der Waals surface area contributed by atoms with Crippen LogP contribution in [0.2, 0.25) is 0 Å². The van der Waals surface area contributed by atoms with Gasteiger partial charge in [-0.3, -0.25) is 0 Å². The maximum Gasteiger partial charge on any atom is 0.338 e. The van der Waals surface area contributed by atoms with Gasteiger partial charge in [-0.05, 0) is 50.1 Å². The van der Waals surface area contributed by atoms with Gasteiger partial charge in [0.25, 0.3) is 0 Å². The molecule has 0 atom stereocenters. The standard InChI is InChI=1S/C29H37N3O6/c1-6-7-8-9-10-11-14-36-27-21(4)17-23(19-26(27)35-5)32-30-24-13-12-22(18-25(24)31-32)29(34)38-16-15-37-28(33)20(2)3/h12-13,17-19H,2,6-11,14-16H2,1,3-5H3. The van der Waals surface area contributed by atoms with Gasteiger partial charge in [-0.25, -0.2) is 9.59 Å². The molecule has 0 unspecified atom stereocenters. The Balaban J connectivity index is 1.65. The number of nitrogens with zero attached hydrogens (tertiary/aromatic N) is 3. The Morgan fingerprint density at radius 2 is 1.63 bits per heavy atom. The molecule has 3 rings (SSSR count). The van der Waals surface area contributed by atoms with E-state index in [-0.39, 0.29) is 18.8 Å². The summed E-state index contributed by atoms with van der Waals surface area (Å²) in [5.41, 5.74) is 3.40. The highest BCUT2D eigenvalue weighted by Crippen LogP contribution is 2.34. The van der Waals surface area contributed by atoms with E-state index in [0.29, 0.717) is 34.6 Å². The monoisotopic (exact) mass is 523 g/mol. The maximum atomic E-state index is 12.4. The van der Waals surface area contributed by atoms with Crippen molar-refractivity contribution in [2.45, 2.75) is 59.3 Å². The van der Waals surface area contributed by atoms with Crippen LogP contribution in [0.5, 0.6) is 11.5 Å². The van der Waals surface area contributed by atoms with Crippen molar-refractivity contribution < 1.29 is 28.5 Å². The van der Waals surface area contributed by atoms with Crippen molar-refractivity contribution in [3.05, 3.63) is 53.6 Å². The van der Waals surface area contributed by atoms with Crippen molar-refractivity contribution in [1.82, 2.24) is 15.0 Å². The molecule has 0 aliphatic heterocycles. The van der Waals surface area contributed by atoms with Gasteiger partial charge in [0.15, 0.2) is 11.5 Å². The Morgan fingerprint density at radius 1 is 0.921 bits per heavy atom. The van der Waals surface area contributed by atoms with E-state index < -0.39 is 11.9 Å². The molecule has 0 fully saturated rings. The van der Waals surface area contributed by atoms with Gasteiger partial charge in [-0.1, -0.05) is 45.6 Å². The number of methoxy groups -OCH3 is 1. The zero-order valence-corrected chi connectivity index (χ0v) is 22.7. The summed E-state index contributed by atoms with van der Waals surface area (Å²) in [5, 5.41) is 9.09. The van der Waals surface area contributed by atoms with Crippen molar-refractivity contribution >= 4 is 23.0 Å². The molecule has 9 heteroatoms. The number of hydrogen-bond acceptors (Lipinski definition) is 8. The van der Waals surface area contributed by atoms with E-state index in [1.54, 1.807) is 32.2 Å². The van der Waals surface area contributed by atoms with E-state index in [2.05, 4.69) is 23.7 Å². The van der Waals surface area contributed by atoms with Gasteiger partial charge in [0, 0.05) is 11.6 Å². The molecule has 1 aromatic heterocycles. The first-order chi connectivity index (χ1) is 18.3. The average molecular weight is 524 g/mol. The SMILES string of the molecule is C=C(C)C(=O)OCCOC(=O)c1ccc2nn(-c3cc(C)c(OCCCCCCCC)c(OC)c3)nc2c1. The van der Waals surface area contributed by atoms with Gasteiger partial charge in [0.05, 0.1) is 25.0 Å². The third-order valence-corrected chi connectivity index (χ3v) is 5.93. The van der Waals surface area contributed by atoms with Crippen LogP contribution in [0.3, 0.4) is 0 Å². The predicted octanol–water partition coefficient (Wildman–Crippen LogP) is 5.75. The molecule has 38 heavy (non-hydrogen) atoms. The van der Waals surface area contributed by atoms with Gasteiger partial charge in [-0.15, -0.1) is 10.2 Å². The van der Waals surface area contributed by atoms with Gasteiger partial charge in [-0.2, -0.15) is 4.80 Å². The van der Waals surface area contributed by atoms with Crippen LogP contribution >= 0.6 is 0 Å². The van der Waals surface area contributed by atoms with Crippen LogP contribution in [0.25, 0.3) is 16.7 Å². The minimum Gasteiger partial charge on any atom is -0.493 e. The highest BCUT2D eigenvalue weighted by molar-refractivity contribution is 5.93. The van der Waals surface area contributed by atoms with Crippen molar-refractivity contribution in [3.63, 3.8) is 0 Å². The van der Waals surface area contributed by atoms with Crippen LogP contribution in [-0.2, 0) is 14.3 Å². The number of aromatic nitrogens is 3. The number of benzene rings is 2. The molecule has 0 radical (unpaired) electrons. The normalized spacial score (nSPS) is 10.8. The van der Waals surface area contributed by atoms with Crippen molar-refractivity contribution in [3.8, 4) is 17.2 Å². The van der Waals surface area contributed by atoms with E-state index in [1.165, 1.54) is 30.5 Å². The number of ether oxygens (including phenoxy) is 4. The highest BCUT2D eigenvalue weighted by Gasteiger charge is 2.15. The first kappa shape index (κ1) is 28.7. The number of esters is 2. The minimum absolute atomic E-state index is 0.0459. The lowest BCUT2D eigenvalue weighted by Crippen LogP contribution is -2.14. The molecule has 0 aliphatic carbocycles. The third-order valence-electron chi connectivity index (χ3n) is 5.93. The third kappa shape index (κ3) is 7.81. The zero-order valence-electron chi connectivity index (χ0n) is 22.7. The van der Waals surface area contributed by atoms with Gasteiger partial charge >= 0.3 is 11.9 Å². The number of hydrogen-bond donors (Lipinski definition) is 0. The lowest BCUT2D eigenvalue weighted by molar-refractivity contribution is -0.140. The van der Waals surface area contributed by atoms with Crippen LogP contribution in [0.4, 0.5) is 0 Å². The quantitative estimate of drug-likeness (QED) is 0.141. The largest absolute Gasteiger partial charge is 0.493 e. The second-order valence-corrected chi connectivity index (χ2v) is 9.16.